The van der Waals surface area contributed by atoms with Crippen molar-refractivity contribution < 1.29 is 14.3 Å². The lowest BCUT2D eigenvalue weighted by Crippen LogP contribution is -2.25. The van der Waals surface area contributed by atoms with E-state index in [0.29, 0.717) is 22.3 Å². The van der Waals surface area contributed by atoms with Crippen LogP contribution in [0.25, 0.3) is 5.69 Å². The molecule has 0 aliphatic carbocycles. The largest absolute Gasteiger partial charge is 0.497 e. The van der Waals surface area contributed by atoms with Crippen LogP contribution in [0.1, 0.15) is 52.3 Å². The summed E-state index contributed by atoms with van der Waals surface area (Å²) < 4.78 is 7.18. The SMILES string of the molecule is CCc1cccc(CC)c1-n1c(CNC(=O)c2ccc(OC)cc2)nnc1SCC(=O)Nc1cc(C)ccc1C. The number of hydrogen-bond donors (Lipinski definition) is 2. The Labute approximate surface area is 239 Å². The van der Waals surface area contributed by atoms with Gasteiger partial charge in [0.2, 0.25) is 5.91 Å². The third kappa shape index (κ3) is 6.71. The van der Waals surface area contributed by atoms with Gasteiger partial charge in [0.15, 0.2) is 11.0 Å². The molecule has 2 N–H and O–H groups in total. The smallest absolute Gasteiger partial charge is 0.251 e. The zero-order valence-electron chi connectivity index (χ0n) is 23.6. The molecule has 1 heterocycles. The molecule has 0 unspecified atom stereocenters. The molecule has 8 nitrogen and oxygen atoms in total. The minimum absolute atomic E-state index is 0.123. The van der Waals surface area contributed by atoms with E-state index >= 15 is 0 Å². The van der Waals surface area contributed by atoms with E-state index < -0.39 is 0 Å². The van der Waals surface area contributed by atoms with E-state index in [9.17, 15) is 9.59 Å². The van der Waals surface area contributed by atoms with Crippen molar-refractivity contribution in [1.82, 2.24) is 20.1 Å². The topological polar surface area (TPSA) is 98.1 Å². The van der Waals surface area contributed by atoms with Crippen molar-refractivity contribution in [2.24, 2.45) is 0 Å². The predicted octanol–water partition coefficient (Wildman–Crippen LogP) is 5.68. The monoisotopic (exact) mass is 557 g/mol. The van der Waals surface area contributed by atoms with E-state index in [2.05, 4.69) is 52.9 Å². The van der Waals surface area contributed by atoms with Gasteiger partial charge in [-0.1, -0.05) is 55.9 Å². The third-order valence-corrected chi connectivity index (χ3v) is 7.58. The minimum atomic E-state index is -0.223. The van der Waals surface area contributed by atoms with E-state index in [0.717, 1.165) is 46.5 Å². The Morgan fingerprint density at radius 1 is 0.950 bits per heavy atom. The Morgan fingerprint density at radius 2 is 1.65 bits per heavy atom. The number of nitrogens with one attached hydrogen (secondary N) is 2. The number of para-hydroxylation sites is 1. The van der Waals surface area contributed by atoms with Crippen molar-refractivity contribution in [3.05, 3.63) is 94.3 Å². The molecule has 2 amide bonds. The number of amides is 2. The van der Waals surface area contributed by atoms with Gasteiger partial charge >= 0.3 is 0 Å². The van der Waals surface area contributed by atoms with Crippen molar-refractivity contribution in [2.45, 2.75) is 52.2 Å². The Kier molecular flexibility index (Phi) is 9.60. The fourth-order valence-corrected chi connectivity index (χ4v) is 5.18. The van der Waals surface area contributed by atoms with Gasteiger partial charge in [-0.05, 0) is 79.3 Å². The first kappa shape index (κ1) is 28.9. The first-order chi connectivity index (χ1) is 19.3. The van der Waals surface area contributed by atoms with Gasteiger partial charge in [-0.2, -0.15) is 0 Å². The number of aryl methyl sites for hydroxylation is 4. The molecule has 1 aromatic heterocycles. The summed E-state index contributed by atoms with van der Waals surface area (Å²) in [5.41, 5.74) is 6.70. The number of thioether (sulfide) groups is 1. The second-order valence-electron chi connectivity index (χ2n) is 9.43. The number of rotatable bonds is 11. The van der Waals surface area contributed by atoms with Crippen LogP contribution in [0.3, 0.4) is 0 Å². The standard InChI is InChI=1S/C31H35N5O3S/c1-6-22-9-8-10-23(7-2)29(22)36-27(18-32-30(38)24-13-15-25(39-5)16-14-24)34-35-31(36)40-19-28(37)33-26-17-20(3)11-12-21(26)4/h8-17H,6-7,18-19H2,1-5H3,(H,32,38)(H,33,37). The van der Waals surface area contributed by atoms with Gasteiger partial charge < -0.3 is 15.4 Å². The highest BCUT2D eigenvalue weighted by atomic mass is 32.2. The summed E-state index contributed by atoms with van der Waals surface area (Å²) in [5.74, 6) is 1.10. The molecule has 0 aliphatic heterocycles. The first-order valence-electron chi connectivity index (χ1n) is 13.3. The molecule has 0 fully saturated rings. The average Bonchev–Trinajstić information content (AvgIpc) is 3.38. The Bertz CT molecular complexity index is 1480. The van der Waals surface area contributed by atoms with Crippen molar-refractivity contribution in [1.29, 1.82) is 0 Å². The summed E-state index contributed by atoms with van der Waals surface area (Å²) in [6, 6.07) is 19.2. The first-order valence-corrected chi connectivity index (χ1v) is 14.3. The van der Waals surface area contributed by atoms with E-state index in [1.807, 2.05) is 36.6 Å². The maximum atomic E-state index is 12.9. The maximum absolute atomic E-state index is 12.9. The molecule has 4 aromatic rings. The van der Waals surface area contributed by atoms with Gasteiger partial charge in [0.1, 0.15) is 5.75 Å². The molecule has 0 saturated heterocycles. The van der Waals surface area contributed by atoms with Crippen LogP contribution in [-0.2, 0) is 24.2 Å². The molecule has 0 bridgehead atoms. The third-order valence-electron chi connectivity index (χ3n) is 6.65. The number of methoxy groups -OCH3 is 1. The zero-order chi connectivity index (χ0) is 28.6. The van der Waals surface area contributed by atoms with Crippen LogP contribution in [0, 0.1) is 13.8 Å². The van der Waals surface area contributed by atoms with Crippen LogP contribution in [0.2, 0.25) is 0 Å². The summed E-state index contributed by atoms with van der Waals surface area (Å²) in [6.45, 7) is 8.36. The molecule has 208 valence electrons. The number of nitrogens with zero attached hydrogens (tertiary/aromatic N) is 3. The van der Waals surface area contributed by atoms with E-state index in [1.165, 1.54) is 11.8 Å². The van der Waals surface area contributed by atoms with Crippen LogP contribution >= 0.6 is 11.8 Å². The normalized spacial score (nSPS) is 10.8. The summed E-state index contributed by atoms with van der Waals surface area (Å²) in [7, 11) is 1.59. The molecule has 0 saturated carbocycles. The van der Waals surface area contributed by atoms with Gasteiger partial charge in [0.05, 0.1) is 25.1 Å². The van der Waals surface area contributed by atoms with Crippen LogP contribution in [-0.4, -0.2) is 39.4 Å². The Morgan fingerprint density at radius 3 is 2.30 bits per heavy atom. The number of hydrogen-bond acceptors (Lipinski definition) is 6. The maximum Gasteiger partial charge on any atom is 0.251 e. The number of ether oxygens (including phenoxy) is 1. The van der Waals surface area contributed by atoms with Crippen LogP contribution in [0.4, 0.5) is 5.69 Å². The molecule has 3 aromatic carbocycles. The van der Waals surface area contributed by atoms with Crippen molar-refractivity contribution in [2.75, 3.05) is 18.2 Å². The second kappa shape index (κ2) is 13.3. The lowest BCUT2D eigenvalue weighted by molar-refractivity contribution is -0.113. The number of anilines is 1. The van der Waals surface area contributed by atoms with Gasteiger partial charge in [0, 0.05) is 11.3 Å². The van der Waals surface area contributed by atoms with Crippen molar-refractivity contribution >= 4 is 29.3 Å². The van der Waals surface area contributed by atoms with Gasteiger partial charge in [-0.25, -0.2) is 0 Å². The van der Waals surface area contributed by atoms with Crippen molar-refractivity contribution in [3.63, 3.8) is 0 Å². The number of benzene rings is 3. The molecular formula is C31H35N5O3S. The fraction of sp³-hybridized carbons (Fsp3) is 0.290. The molecule has 0 aliphatic rings. The minimum Gasteiger partial charge on any atom is -0.497 e. The molecule has 0 atom stereocenters. The number of carbonyl (C=O) groups is 2. The van der Waals surface area contributed by atoms with Crippen LogP contribution in [0.15, 0.2) is 65.8 Å². The molecule has 40 heavy (non-hydrogen) atoms. The van der Waals surface area contributed by atoms with Gasteiger partial charge in [-0.3, -0.25) is 14.2 Å². The van der Waals surface area contributed by atoms with Crippen LogP contribution in [0.5, 0.6) is 5.75 Å². The highest BCUT2D eigenvalue weighted by molar-refractivity contribution is 7.99. The molecule has 0 radical (unpaired) electrons. The molecular weight excluding hydrogens is 522 g/mol. The van der Waals surface area contributed by atoms with E-state index in [1.54, 1.807) is 31.4 Å². The number of carbonyl (C=O) groups excluding carboxylic acids is 2. The predicted molar refractivity (Wildman–Crippen MR) is 160 cm³/mol. The molecule has 4 rings (SSSR count). The van der Waals surface area contributed by atoms with E-state index in [-0.39, 0.29) is 24.1 Å². The highest BCUT2D eigenvalue weighted by Gasteiger charge is 2.21. The highest BCUT2D eigenvalue weighted by Crippen LogP contribution is 2.29. The second-order valence-corrected chi connectivity index (χ2v) is 10.4. The van der Waals surface area contributed by atoms with Gasteiger partial charge in [0.25, 0.3) is 5.91 Å². The Balaban J connectivity index is 1.60. The summed E-state index contributed by atoms with van der Waals surface area (Å²) in [5, 5.41) is 15.5. The number of aromatic nitrogens is 3. The summed E-state index contributed by atoms with van der Waals surface area (Å²) in [6.07, 6.45) is 1.63. The molecule has 9 heteroatoms. The van der Waals surface area contributed by atoms with E-state index in [4.69, 9.17) is 4.74 Å². The summed E-state index contributed by atoms with van der Waals surface area (Å²) >= 11 is 1.32. The van der Waals surface area contributed by atoms with Crippen molar-refractivity contribution in [3.8, 4) is 11.4 Å². The Hall–Kier alpha value is -4.11. The zero-order valence-corrected chi connectivity index (χ0v) is 24.4. The fourth-order valence-electron chi connectivity index (χ4n) is 4.43. The average molecular weight is 558 g/mol. The van der Waals surface area contributed by atoms with Crippen LogP contribution < -0.4 is 15.4 Å². The molecule has 0 spiro atoms. The summed E-state index contributed by atoms with van der Waals surface area (Å²) in [4.78, 5) is 25.8. The quantitative estimate of drug-likeness (QED) is 0.230. The lowest BCUT2D eigenvalue weighted by Gasteiger charge is -2.18. The lowest BCUT2D eigenvalue weighted by atomic mass is 10.0. The van der Waals surface area contributed by atoms with Gasteiger partial charge in [-0.15, -0.1) is 10.2 Å².